The average Bonchev–Trinajstić information content (AvgIpc) is 3.01. The minimum Gasteiger partial charge on any atom is -0.391 e. The van der Waals surface area contributed by atoms with Crippen molar-refractivity contribution in [3.05, 3.63) is 52.0 Å². The smallest absolute Gasteiger partial charge is 0.236 e. The van der Waals surface area contributed by atoms with Gasteiger partial charge in [-0.1, -0.05) is 6.07 Å². The first-order chi connectivity index (χ1) is 12.0. The molecule has 0 unspecified atom stereocenters. The molecule has 0 radical (unpaired) electrons. The van der Waals surface area contributed by atoms with E-state index in [2.05, 4.69) is 23.4 Å². The Hall–Kier alpha value is -1.76. The highest BCUT2D eigenvalue weighted by atomic mass is 32.1. The van der Waals surface area contributed by atoms with Crippen molar-refractivity contribution >= 4 is 17.2 Å². The van der Waals surface area contributed by atoms with Gasteiger partial charge in [0.25, 0.3) is 0 Å². The minimum absolute atomic E-state index is 0.0757. The fourth-order valence-corrected chi connectivity index (χ4v) is 4.54. The van der Waals surface area contributed by atoms with Crippen LogP contribution in [-0.4, -0.2) is 58.6 Å². The van der Waals surface area contributed by atoms with Crippen LogP contribution in [0.4, 0.5) is 0 Å². The summed E-state index contributed by atoms with van der Waals surface area (Å²) in [6.45, 7) is 4.25. The van der Waals surface area contributed by atoms with E-state index in [0.29, 0.717) is 26.2 Å². The SMILES string of the molecule is Cc1ccsc1[C@@H]1CCN(C(=O)CN(C)Cc2cccnc2)C[C@H]1O. The number of aryl methyl sites for hydroxylation is 1. The summed E-state index contributed by atoms with van der Waals surface area (Å²) >= 11 is 1.70. The van der Waals surface area contributed by atoms with Gasteiger partial charge in [-0.2, -0.15) is 0 Å². The number of β-amino-alcohol motifs (C(OH)–C–C–N with tert-alkyl or cyclic N) is 1. The van der Waals surface area contributed by atoms with Crippen LogP contribution in [0.3, 0.4) is 0 Å². The number of carbonyl (C=O) groups is 1. The molecule has 2 atom stereocenters. The molecule has 1 aliphatic rings. The van der Waals surface area contributed by atoms with Crippen molar-refractivity contribution in [3.63, 3.8) is 0 Å². The van der Waals surface area contributed by atoms with Crippen molar-refractivity contribution in [3.8, 4) is 0 Å². The molecule has 0 aliphatic carbocycles. The number of aromatic nitrogens is 1. The Morgan fingerprint density at radius 1 is 1.48 bits per heavy atom. The average molecular weight is 359 g/mol. The third-order valence-corrected chi connectivity index (χ3v) is 5.90. The Balaban J connectivity index is 1.53. The van der Waals surface area contributed by atoms with E-state index in [9.17, 15) is 9.90 Å². The van der Waals surface area contributed by atoms with Crippen LogP contribution in [0.1, 0.15) is 28.3 Å². The van der Waals surface area contributed by atoms with Crippen LogP contribution < -0.4 is 0 Å². The van der Waals surface area contributed by atoms with Gasteiger partial charge in [-0.05, 0) is 49.0 Å². The number of carbonyl (C=O) groups excluding carboxylic acids is 1. The van der Waals surface area contributed by atoms with E-state index >= 15 is 0 Å². The van der Waals surface area contributed by atoms with E-state index in [1.165, 1.54) is 10.4 Å². The first kappa shape index (κ1) is 18.0. The number of amides is 1. The molecule has 0 spiro atoms. The Labute approximate surface area is 152 Å². The Kier molecular flexibility index (Phi) is 5.83. The van der Waals surface area contributed by atoms with Crippen molar-refractivity contribution in [2.45, 2.75) is 31.9 Å². The van der Waals surface area contributed by atoms with Gasteiger partial charge in [0, 0.05) is 42.8 Å². The minimum atomic E-state index is -0.487. The van der Waals surface area contributed by atoms with Crippen molar-refractivity contribution in [1.29, 1.82) is 0 Å². The standard InChI is InChI=1S/C19H25N3O2S/c1-14-6-9-25-19(14)16-5-8-22(12-17(16)23)18(24)13-21(2)11-15-4-3-7-20-10-15/h3-4,6-7,9-10,16-17,23H,5,8,11-13H2,1-2H3/t16-,17-/m1/s1. The van der Waals surface area contributed by atoms with Gasteiger partial charge in [-0.15, -0.1) is 11.3 Å². The van der Waals surface area contributed by atoms with Gasteiger partial charge in [0.1, 0.15) is 0 Å². The molecule has 1 fully saturated rings. The molecule has 1 saturated heterocycles. The second kappa shape index (κ2) is 8.08. The highest BCUT2D eigenvalue weighted by molar-refractivity contribution is 7.10. The van der Waals surface area contributed by atoms with Gasteiger partial charge in [0.05, 0.1) is 12.6 Å². The number of nitrogens with zero attached hydrogens (tertiary/aromatic N) is 3. The predicted octanol–water partition coefficient (Wildman–Crippen LogP) is 2.26. The monoisotopic (exact) mass is 359 g/mol. The van der Waals surface area contributed by atoms with E-state index in [-0.39, 0.29) is 11.8 Å². The summed E-state index contributed by atoms with van der Waals surface area (Å²) in [5, 5.41) is 12.6. The van der Waals surface area contributed by atoms with Crippen LogP contribution in [0.15, 0.2) is 36.0 Å². The van der Waals surface area contributed by atoms with Gasteiger partial charge in [0.15, 0.2) is 0 Å². The maximum atomic E-state index is 12.6. The summed E-state index contributed by atoms with van der Waals surface area (Å²) < 4.78 is 0. The van der Waals surface area contributed by atoms with E-state index in [1.54, 1.807) is 22.4 Å². The molecule has 25 heavy (non-hydrogen) atoms. The zero-order chi connectivity index (χ0) is 17.8. The summed E-state index contributed by atoms with van der Waals surface area (Å²) in [6.07, 6.45) is 3.90. The number of aliphatic hydroxyl groups excluding tert-OH is 1. The van der Waals surface area contributed by atoms with E-state index in [1.807, 2.05) is 30.3 Å². The lowest BCUT2D eigenvalue weighted by Crippen LogP contribution is -2.48. The van der Waals surface area contributed by atoms with E-state index in [0.717, 1.165) is 12.0 Å². The maximum absolute atomic E-state index is 12.6. The molecule has 1 aliphatic heterocycles. The third-order valence-electron chi connectivity index (χ3n) is 4.75. The van der Waals surface area contributed by atoms with Crippen LogP contribution in [-0.2, 0) is 11.3 Å². The number of thiophene rings is 1. The van der Waals surface area contributed by atoms with E-state index in [4.69, 9.17) is 0 Å². The summed E-state index contributed by atoms with van der Waals surface area (Å²) in [5.41, 5.74) is 2.33. The zero-order valence-electron chi connectivity index (χ0n) is 14.8. The summed E-state index contributed by atoms with van der Waals surface area (Å²) in [5.74, 6) is 0.226. The van der Waals surface area contributed by atoms with Crippen LogP contribution in [0.5, 0.6) is 0 Å². The van der Waals surface area contributed by atoms with Gasteiger partial charge in [-0.3, -0.25) is 14.7 Å². The molecule has 134 valence electrons. The highest BCUT2D eigenvalue weighted by Crippen LogP contribution is 2.34. The molecule has 3 rings (SSSR count). The van der Waals surface area contributed by atoms with Crippen molar-refractivity contribution in [2.75, 3.05) is 26.7 Å². The summed E-state index contributed by atoms with van der Waals surface area (Å²) in [7, 11) is 1.93. The van der Waals surface area contributed by atoms with Gasteiger partial charge in [-0.25, -0.2) is 0 Å². The Bertz CT molecular complexity index is 704. The Morgan fingerprint density at radius 2 is 2.32 bits per heavy atom. The topological polar surface area (TPSA) is 56.7 Å². The molecule has 6 heteroatoms. The lowest BCUT2D eigenvalue weighted by molar-refractivity contribution is -0.135. The number of aliphatic hydroxyl groups is 1. The second-order valence-corrected chi connectivity index (χ2v) is 7.75. The molecule has 0 aromatic carbocycles. The second-order valence-electron chi connectivity index (χ2n) is 6.80. The lowest BCUT2D eigenvalue weighted by atomic mass is 9.90. The van der Waals surface area contributed by atoms with Crippen LogP contribution in [0, 0.1) is 6.92 Å². The van der Waals surface area contributed by atoms with Crippen LogP contribution >= 0.6 is 11.3 Å². The number of likely N-dealkylation sites (N-methyl/N-ethyl adjacent to an activating group) is 1. The largest absolute Gasteiger partial charge is 0.391 e. The molecule has 1 amide bonds. The molecule has 5 nitrogen and oxygen atoms in total. The number of pyridine rings is 1. The quantitative estimate of drug-likeness (QED) is 0.890. The molecular formula is C19H25N3O2S. The molecule has 1 N–H and O–H groups in total. The van der Waals surface area contributed by atoms with Crippen molar-refractivity contribution in [2.24, 2.45) is 0 Å². The number of likely N-dealkylation sites (tertiary alicyclic amines) is 1. The Morgan fingerprint density at radius 3 is 2.96 bits per heavy atom. The molecule has 2 aromatic heterocycles. The third kappa shape index (κ3) is 4.45. The van der Waals surface area contributed by atoms with Gasteiger partial charge in [0.2, 0.25) is 5.91 Å². The fourth-order valence-electron chi connectivity index (χ4n) is 3.42. The molecule has 0 bridgehead atoms. The lowest BCUT2D eigenvalue weighted by Gasteiger charge is -2.36. The normalized spacial score (nSPS) is 20.9. The van der Waals surface area contributed by atoms with E-state index < -0.39 is 6.10 Å². The van der Waals surface area contributed by atoms with Crippen molar-refractivity contribution < 1.29 is 9.90 Å². The number of piperidine rings is 1. The highest BCUT2D eigenvalue weighted by Gasteiger charge is 2.32. The fraction of sp³-hybridized carbons (Fsp3) is 0.474. The molecular weight excluding hydrogens is 334 g/mol. The molecule has 0 saturated carbocycles. The maximum Gasteiger partial charge on any atom is 0.236 e. The van der Waals surface area contributed by atoms with Gasteiger partial charge < -0.3 is 10.0 Å². The predicted molar refractivity (Wildman–Crippen MR) is 99.6 cm³/mol. The van der Waals surface area contributed by atoms with Crippen LogP contribution in [0.25, 0.3) is 0 Å². The zero-order valence-corrected chi connectivity index (χ0v) is 15.6. The molecule has 3 heterocycles. The first-order valence-electron chi connectivity index (χ1n) is 8.62. The number of hydrogen-bond donors (Lipinski definition) is 1. The van der Waals surface area contributed by atoms with Gasteiger partial charge >= 0.3 is 0 Å². The summed E-state index contributed by atoms with van der Waals surface area (Å²) in [6, 6.07) is 6.00. The summed E-state index contributed by atoms with van der Waals surface area (Å²) in [4.78, 5) is 21.7. The van der Waals surface area contributed by atoms with Crippen LogP contribution in [0.2, 0.25) is 0 Å². The number of rotatable bonds is 5. The number of hydrogen-bond acceptors (Lipinski definition) is 5. The first-order valence-corrected chi connectivity index (χ1v) is 9.50. The van der Waals surface area contributed by atoms with Crippen molar-refractivity contribution in [1.82, 2.24) is 14.8 Å². The molecule has 2 aromatic rings.